The maximum atomic E-state index is 11.0. The lowest BCUT2D eigenvalue weighted by Gasteiger charge is -2.07. The van der Waals surface area contributed by atoms with Crippen molar-refractivity contribution in [2.45, 2.75) is 20.3 Å². The van der Waals surface area contributed by atoms with Crippen molar-refractivity contribution in [2.75, 3.05) is 6.61 Å². The Morgan fingerprint density at radius 3 is 2.79 bits per heavy atom. The lowest BCUT2D eigenvalue weighted by molar-refractivity contribution is 0.101. The van der Waals surface area contributed by atoms with E-state index in [1.165, 1.54) is 13.0 Å². The summed E-state index contributed by atoms with van der Waals surface area (Å²) < 4.78 is 5.27. The number of ether oxygens (including phenoxy) is 1. The highest BCUT2D eigenvalue weighted by molar-refractivity contribution is 5.94. The third-order valence-corrected chi connectivity index (χ3v) is 1.83. The van der Waals surface area contributed by atoms with E-state index in [1.807, 2.05) is 6.92 Å². The molecule has 1 rings (SSSR count). The van der Waals surface area contributed by atoms with Gasteiger partial charge in [-0.3, -0.25) is 4.79 Å². The molecule has 0 bridgehead atoms. The van der Waals surface area contributed by atoms with Crippen LogP contribution in [0.25, 0.3) is 0 Å². The maximum Gasteiger partial charge on any atom is 0.161 e. The van der Waals surface area contributed by atoms with E-state index in [0.29, 0.717) is 17.9 Å². The molecule has 1 aromatic rings. The van der Waals surface area contributed by atoms with E-state index < -0.39 is 0 Å². The zero-order valence-corrected chi connectivity index (χ0v) is 8.41. The van der Waals surface area contributed by atoms with E-state index in [4.69, 9.17) is 4.74 Å². The van der Waals surface area contributed by atoms with E-state index in [2.05, 4.69) is 0 Å². The van der Waals surface area contributed by atoms with Crippen LogP contribution in [0, 0.1) is 0 Å². The molecule has 0 saturated carbocycles. The molecule has 1 N–H and O–H groups in total. The quantitative estimate of drug-likeness (QED) is 0.748. The van der Waals surface area contributed by atoms with Gasteiger partial charge in [0.25, 0.3) is 0 Å². The summed E-state index contributed by atoms with van der Waals surface area (Å²) in [5.41, 5.74) is 0.550. The van der Waals surface area contributed by atoms with E-state index in [0.717, 1.165) is 6.42 Å². The Bertz CT molecular complexity index is 331. The van der Waals surface area contributed by atoms with Crippen LogP contribution < -0.4 is 4.74 Å². The minimum Gasteiger partial charge on any atom is -0.504 e. The first-order chi connectivity index (χ1) is 6.65. The van der Waals surface area contributed by atoms with Crippen LogP contribution in [0.3, 0.4) is 0 Å². The van der Waals surface area contributed by atoms with Crippen molar-refractivity contribution in [3.63, 3.8) is 0 Å². The number of hydrogen-bond acceptors (Lipinski definition) is 3. The first-order valence-electron chi connectivity index (χ1n) is 4.62. The monoisotopic (exact) mass is 194 g/mol. The van der Waals surface area contributed by atoms with Crippen molar-refractivity contribution in [1.82, 2.24) is 0 Å². The standard InChI is InChI=1S/C11H14O3/c1-3-6-14-11-7-9(8(2)12)4-5-10(11)13/h4-5,7,13H,3,6H2,1-2H3. The number of benzene rings is 1. The van der Waals surface area contributed by atoms with E-state index in [9.17, 15) is 9.90 Å². The molecule has 14 heavy (non-hydrogen) atoms. The molecule has 3 nitrogen and oxygen atoms in total. The topological polar surface area (TPSA) is 46.5 Å². The van der Waals surface area contributed by atoms with Gasteiger partial charge in [-0.05, 0) is 31.5 Å². The van der Waals surface area contributed by atoms with Crippen LogP contribution in [0.4, 0.5) is 0 Å². The van der Waals surface area contributed by atoms with Crippen molar-refractivity contribution in [3.05, 3.63) is 23.8 Å². The molecule has 0 saturated heterocycles. The molecular formula is C11H14O3. The van der Waals surface area contributed by atoms with E-state index >= 15 is 0 Å². The van der Waals surface area contributed by atoms with Gasteiger partial charge in [0, 0.05) is 5.56 Å². The molecule has 0 aliphatic rings. The average molecular weight is 194 g/mol. The second-order valence-electron chi connectivity index (χ2n) is 3.09. The molecule has 0 heterocycles. The summed E-state index contributed by atoms with van der Waals surface area (Å²) in [6.45, 7) is 4.00. The number of Topliss-reactive ketones (excluding diaryl/α,β-unsaturated/α-hetero) is 1. The number of aromatic hydroxyl groups is 1. The molecule has 0 aromatic heterocycles. The van der Waals surface area contributed by atoms with Gasteiger partial charge in [0.05, 0.1) is 6.61 Å². The minimum atomic E-state index is -0.0358. The van der Waals surface area contributed by atoms with Gasteiger partial charge < -0.3 is 9.84 Å². The minimum absolute atomic E-state index is 0.0358. The normalized spacial score (nSPS) is 9.86. The van der Waals surface area contributed by atoms with Crippen molar-refractivity contribution in [1.29, 1.82) is 0 Å². The molecule has 0 aliphatic carbocycles. The molecule has 0 radical (unpaired) electrons. The van der Waals surface area contributed by atoms with Crippen LogP contribution in [-0.4, -0.2) is 17.5 Å². The summed E-state index contributed by atoms with van der Waals surface area (Å²) >= 11 is 0. The first-order valence-corrected chi connectivity index (χ1v) is 4.62. The summed E-state index contributed by atoms with van der Waals surface area (Å²) in [4.78, 5) is 11.0. The Balaban J connectivity index is 2.90. The second kappa shape index (κ2) is 4.65. The Hall–Kier alpha value is -1.51. The first kappa shape index (κ1) is 10.6. The Morgan fingerprint density at radius 1 is 1.50 bits per heavy atom. The van der Waals surface area contributed by atoms with Crippen molar-refractivity contribution < 1.29 is 14.6 Å². The maximum absolute atomic E-state index is 11.0. The Morgan fingerprint density at radius 2 is 2.21 bits per heavy atom. The van der Waals surface area contributed by atoms with Gasteiger partial charge in [0.1, 0.15) is 0 Å². The number of rotatable bonds is 4. The molecular weight excluding hydrogens is 180 g/mol. The number of carbonyl (C=O) groups excluding carboxylic acids is 1. The Labute approximate surface area is 83.3 Å². The van der Waals surface area contributed by atoms with Gasteiger partial charge in [-0.15, -0.1) is 0 Å². The summed E-state index contributed by atoms with van der Waals surface area (Å²) in [6, 6.07) is 4.62. The Kier molecular flexibility index (Phi) is 3.51. The number of ketones is 1. The molecule has 0 fully saturated rings. The van der Waals surface area contributed by atoms with Gasteiger partial charge in [0.15, 0.2) is 17.3 Å². The van der Waals surface area contributed by atoms with Crippen LogP contribution in [0.15, 0.2) is 18.2 Å². The SMILES string of the molecule is CCCOc1cc(C(C)=O)ccc1O. The summed E-state index contributed by atoms with van der Waals surface area (Å²) in [5.74, 6) is 0.411. The van der Waals surface area contributed by atoms with Gasteiger partial charge in [-0.25, -0.2) is 0 Å². The molecule has 0 unspecified atom stereocenters. The molecule has 3 heteroatoms. The zero-order chi connectivity index (χ0) is 10.6. The van der Waals surface area contributed by atoms with Crippen molar-refractivity contribution in [2.24, 2.45) is 0 Å². The largest absolute Gasteiger partial charge is 0.504 e. The fourth-order valence-corrected chi connectivity index (χ4v) is 1.06. The third-order valence-electron chi connectivity index (χ3n) is 1.83. The summed E-state index contributed by atoms with van der Waals surface area (Å²) in [5, 5.41) is 9.41. The van der Waals surface area contributed by atoms with Crippen LogP contribution in [0.1, 0.15) is 30.6 Å². The fourth-order valence-electron chi connectivity index (χ4n) is 1.06. The number of phenolic OH excluding ortho intramolecular Hbond substituents is 1. The lowest BCUT2D eigenvalue weighted by atomic mass is 10.1. The summed E-state index contributed by atoms with van der Waals surface area (Å²) in [6.07, 6.45) is 0.865. The smallest absolute Gasteiger partial charge is 0.161 e. The highest BCUT2D eigenvalue weighted by atomic mass is 16.5. The third kappa shape index (κ3) is 2.49. The molecule has 0 spiro atoms. The molecule has 0 atom stereocenters. The second-order valence-corrected chi connectivity index (χ2v) is 3.09. The average Bonchev–Trinajstić information content (AvgIpc) is 2.16. The van der Waals surface area contributed by atoms with Crippen LogP contribution in [0.5, 0.6) is 11.5 Å². The molecule has 0 amide bonds. The highest BCUT2D eigenvalue weighted by Gasteiger charge is 2.06. The number of hydrogen-bond donors (Lipinski definition) is 1. The van der Waals surface area contributed by atoms with Gasteiger partial charge in [-0.2, -0.15) is 0 Å². The van der Waals surface area contributed by atoms with Gasteiger partial charge >= 0.3 is 0 Å². The predicted octanol–water partition coefficient (Wildman–Crippen LogP) is 2.38. The zero-order valence-electron chi connectivity index (χ0n) is 8.41. The molecule has 76 valence electrons. The lowest BCUT2D eigenvalue weighted by Crippen LogP contribution is -1.98. The molecule has 1 aromatic carbocycles. The van der Waals surface area contributed by atoms with Crippen LogP contribution >= 0.6 is 0 Å². The van der Waals surface area contributed by atoms with Crippen molar-refractivity contribution >= 4 is 5.78 Å². The fraction of sp³-hybridized carbons (Fsp3) is 0.364. The summed E-state index contributed by atoms with van der Waals surface area (Å²) in [7, 11) is 0. The number of carbonyl (C=O) groups is 1. The molecule has 0 aliphatic heterocycles. The van der Waals surface area contributed by atoms with Crippen LogP contribution in [-0.2, 0) is 0 Å². The number of phenols is 1. The van der Waals surface area contributed by atoms with Crippen molar-refractivity contribution in [3.8, 4) is 11.5 Å². The van der Waals surface area contributed by atoms with E-state index in [-0.39, 0.29) is 11.5 Å². The van der Waals surface area contributed by atoms with E-state index in [1.54, 1.807) is 12.1 Å². The van der Waals surface area contributed by atoms with Crippen LogP contribution in [0.2, 0.25) is 0 Å². The van der Waals surface area contributed by atoms with Gasteiger partial charge in [0.2, 0.25) is 0 Å². The highest BCUT2D eigenvalue weighted by Crippen LogP contribution is 2.26. The van der Waals surface area contributed by atoms with Gasteiger partial charge in [-0.1, -0.05) is 6.92 Å². The predicted molar refractivity (Wildman–Crippen MR) is 53.9 cm³/mol.